The second-order valence-electron chi connectivity index (χ2n) is 4.44. The molecule has 0 saturated carbocycles. The molecule has 5 nitrogen and oxygen atoms in total. The van der Waals surface area contributed by atoms with Crippen molar-refractivity contribution in [1.82, 2.24) is 0 Å². The van der Waals surface area contributed by atoms with E-state index in [1.165, 1.54) is 0 Å². The molecule has 0 radical (unpaired) electrons. The Kier molecular flexibility index (Phi) is 4.63. The summed E-state index contributed by atoms with van der Waals surface area (Å²) < 4.78 is 10.2. The van der Waals surface area contributed by atoms with E-state index in [9.17, 15) is 4.79 Å². The van der Waals surface area contributed by atoms with Crippen LogP contribution in [0.15, 0.2) is 18.2 Å². The zero-order valence-electron chi connectivity index (χ0n) is 11.4. The Hall–Kier alpha value is -1.75. The summed E-state index contributed by atoms with van der Waals surface area (Å²) >= 11 is 0. The first-order chi connectivity index (χ1) is 9.20. The third-order valence-corrected chi connectivity index (χ3v) is 3.11. The minimum Gasteiger partial charge on any atom is -0.450 e. The Balaban J connectivity index is 2.11. The van der Waals surface area contributed by atoms with Gasteiger partial charge in [0, 0.05) is 24.5 Å². The van der Waals surface area contributed by atoms with Crippen LogP contribution in [0, 0.1) is 6.92 Å². The maximum atomic E-state index is 11.5. The van der Waals surface area contributed by atoms with Crippen molar-refractivity contribution in [3.8, 4) is 0 Å². The zero-order chi connectivity index (χ0) is 13.7. The molecule has 0 atom stereocenters. The van der Waals surface area contributed by atoms with Gasteiger partial charge in [-0.25, -0.2) is 4.79 Å². The molecule has 1 aromatic rings. The fraction of sp³-hybridized carbons (Fsp3) is 0.500. The van der Waals surface area contributed by atoms with Crippen LogP contribution in [-0.2, 0) is 9.47 Å². The molecule has 5 heteroatoms. The summed E-state index contributed by atoms with van der Waals surface area (Å²) in [6, 6.07) is 6.06. The predicted molar refractivity (Wildman–Crippen MR) is 74.9 cm³/mol. The Bertz CT molecular complexity index is 442. The molecule has 1 aliphatic heterocycles. The normalized spacial score (nSPS) is 15.2. The average Bonchev–Trinajstić information content (AvgIpc) is 2.42. The molecular weight excluding hydrogens is 244 g/mol. The van der Waals surface area contributed by atoms with Gasteiger partial charge in [0.05, 0.1) is 19.8 Å². The number of carbonyl (C=O) groups excluding carboxylic acids is 1. The van der Waals surface area contributed by atoms with Gasteiger partial charge in [0.25, 0.3) is 0 Å². The molecular formula is C14H20N2O3. The summed E-state index contributed by atoms with van der Waals surface area (Å²) in [5, 5.41) is 2.77. The number of ether oxygens (including phenoxy) is 2. The molecule has 1 heterocycles. The van der Waals surface area contributed by atoms with Crippen molar-refractivity contribution in [2.75, 3.05) is 43.1 Å². The summed E-state index contributed by atoms with van der Waals surface area (Å²) in [6.45, 7) is 7.36. The van der Waals surface area contributed by atoms with Gasteiger partial charge in [-0.3, -0.25) is 5.32 Å². The SMILES string of the molecule is CCOC(=O)Nc1cc(N2CCOCC2)ccc1C. The molecule has 0 unspecified atom stereocenters. The molecule has 1 N–H and O–H groups in total. The summed E-state index contributed by atoms with van der Waals surface area (Å²) in [5.74, 6) is 0. The molecule has 1 saturated heterocycles. The van der Waals surface area contributed by atoms with Crippen LogP contribution < -0.4 is 10.2 Å². The molecule has 0 aromatic heterocycles. The summed E-state index contributed by atoms with van der Waals surface area (Å²) in [4.78, 5) is 13.7. The van der Waals surface area contributed by atoms with Gasteiger partial charge in [0.1, 0.15) is 0 Å². The fourth-order valence-electron chi connectivity index (χ4n) is 2.04. The number of carbonyl (C=O) groups is 1. The van der Waals surface area contributed by atoms with Crippen LogP contribution in [0.1, 0.15) is 12.5 Å². The number of anilines is 2. The zero-order valence-corrected chi connectivity index (χ0v) is 11.4. The highest BCUT2D eigenvalue weighted by Gasteiger charge is 2.13. The standard InChI is InChI=1S/C14H20N2O3/c1-3-19-14(17)15-13-10-12(5-4-11(13)2)16-6-8-18-9-7-16/h4-5,10H,3,6-9H2,1-2H3,(H,15,17). The third kappa shape index (κ3) is 3.61. The van der Waals surface area contributed by atoms with Crippen LogP contribution >= 0.6 is 0 Å². The quantitative estimate of drug-likeness (QED) is 0.910. The van der Waals surface area contributed by atoms with Crippen LogP contribution in [0.2, 0.25) is 0 Å². The second kappa shape index (κ2) is 6.43. The Labute approximate surface area is 113 Å². The van der Waals surface area contributed by atoms with Crippen LogP contribution in [0.5, 0.6) is 0 Å². The molecule has 1 aromatic carbocycles. The number of morpholine rings is 1. The van der Waals surface area contributed by atoms with Gasteiger partial charge in [0.15, 0.2) is 0 Å². The number of hydrogen-bond acceptors (Lipinski definition) is 4. The van der Waals surface area contributed by atoms with Crippen LogP contribution in [0.3, 0.4) is 0 Å². The first-order valence-corrected chi connectivity index (χ1v) is 6.58. The smallest absolute Gasteiger partial charge is 0.411 e. The minimum atomic E-state index is -0.412. The molecule has 1 amide bonds. The molecule has 2 rings (SSSR count). The summed E-state index contributed by atoms with van der Waals surface area (Å²) in [7, 11) is 0. The van der Waals surface area contributed by atoms with Crippen LogP contribution in [0.25, 0.3) is 0 Å². The lowest BCUT2D eigenvalue weighted by Gasteiger charge is -2.29. The lowest BCUT2D eigenvalue weighted by molar-refractivity contribution is 0.122. The van der Waals surface area contributed by atoms with Gasteiger partial charge < -0.3 is 14.4 Å². The van der Waals surface area contributed by atoms with Gasteiger partial charge >= 0.3 is 6.09 Å². The van der Waals surface area contributed by atoms with Crippen molar-refractivity contribution >= 4 is 17.5 Å². The van der Waals surface area contributed by atoms with E-state index in [2.05, 4.69) is 16.3 Å². The van der Waals surface area contributed by atoms with E-state index >= 15 is 0 Å². The van der Waals surface area contributed by atoms with Gasteiger partial charge in [-0.2, -0.15) is 0 Å². The molecule has 0 bridgehead atoms. The highest BCUT2D eigenvalue weighted by molar-refractivity contribution is 5.86. The van der Waals surface area contributed by atoms with Crippen LogP contribution in [0.4, 0.5) is 16.2 Å². The lowest BCUT2D eigenvalue weighted by Crippen LogP contribution is -2.36. The van der Waals surface area contributed by atoms with E-state index in [4.69, 9.17) is 9.47 Å². The highest BCUT2D eigenvalue weighted by Crippen LogP contribution is 2.24. The van der Waals surface area contributed by atoms with E-state index in [-0.39, 0.29) is 0 Å². The average molecular weight is 264 g/mol. The summed E-state index contributed by atoms with van der Waals surface area (Å²) in [5.41, 5.74) is 2.91. The number of rotatable bonds is 3. The minimum absolute atomic E-state index is 0.369. The first-order valence-electron chi connectivity index (χ1n) is 6.58. The Morgan fingerprint density at radius 2 is 2.16 bits per heavy atom. The number of aryl methyl sites for hydroxylation is 1. The van der Waals surface area contributed by atoms with Crippen molar-refractivity contribution < 1.29 is 14.3 Å². The van der Waals surface area contributed by atoms with Crippen molar-refractivity contribution in [3.63, 3.8) is 0 Å². The maximum absolute atomic E-state index is 11.5. The number of hydrogen-bond donors (Lipinski definition) is 1. The van der Waals surface area contributed by atoms with E-state index in [1.54, 1.807) is 6.92 Å². The lowest BCUT2D eigenvalue weighted by atomic mass is 10.1. The first kappa shape index (κ1) is 13.7. The monoisotopic (exact) mass is 264 g/mol. The largest absolute Gasteiger partial charge is 0.450 e. The molecule has 1 aliphatic rings. The van der Waals surface area contributed by atoms with E-state index in [1.807, 2.05) is 19.1 Å². The molecule has 0 aliphatic carbocycles. The summed E-state index contributed by atoms with van der Waals surface area (Å²) in [6.07, 6.45) is -0.412. The van der Waals surface area contributed by atoms with Crippen molar-refractivity contribution in [2.45, 2.75) is 13.8 Å². The van der Waals surface area contributed by atoms with E-state index < -0.39 is 6.09 Å². The van der Waals surface area contributed by atoms with Crippen molar-refractivity contribution in [2.24, 2.45) is 0 Å². The molecule has 1 fully saturated rings. The van der Waals surface area contributed by atoms with Crippen molar-refractivity contribution in [3.05, 3.63) is 23.8 Å². The number of nitrogens with zero attached hydrogens (tertiary/aromatic N) is 1. The Morgan fingerprint density at radius 1 is 1.42 bits per heavy atom. The van der Waals surface area contributed by atoms with Gasteiger partial charge in [0.2, 0.25) is 0 Å². The number of nitrogens with one attached hydrogen (secondary N) is 1. The van der Waals surface area contributed by atoms with Gasteiger partial charge in [-0.15, -0.1) is 0 Å². The highest BCUT2D eigenvalue weighted by atomic mass is 16.5. The van der Waals surface area contributed by atoms with Crippen molar-refractivity contribution in [1.29, 1.82) is 0 Å². The second-order valence-corrected chi connectivity index (χ2v) is 4.44. The van der Waals surface area contributed by atoms with E-state index in [0.717, 1.165) is 43.2 Å². The topological polar surface area (TPSA) is 50.8 Å². The fourth-order valence-corrected chi connectivity index (χ4v) is 2.04. The van der Waals surface area contributed by atoms with Crippen LogP contribution in [-0.4, -0.2) is 39.0 Å². The Morgan fingerprint density at radius 3 is 2.84 bits per heavy atom. The predicted octanol–water partition coefficient (Wildman–Crippen LogP) is 2.40. The third-order valence-electron chi connectivity index (χ3n) is 3.11. The van der Waals surface area contributed by atoms with Gasteiger partial charge in [-0.05, 0) is 31.5 Å². The van der Waals surface area contributed by atoms with Gasteiger partial charge in [-0.1, -0.05) is 6.07 Å². The molecule has 0 spiro atoms. The molecule has 19 heavy (non-hydrogen) atoms. The number of amides is 1. The molecule has 104 valence electrons. The number of benzene rings is 1. The van der Waals surface area contributed by atoms with E-state index in [0.29, 0.717) is 6.61 Å². The maximum Gasteiger partial charge on any atom is 0.411 e.